The Bertz CT molecular complexity index is 308. The van der Waals surface area contributed by atoms with Crippen LogP contribution >= 0.6 is 11.5 Å². The molecule has 0 bridgehead atoms. The Kier molecular flexibility index (Phi) is 2.69. The standard InChI is InChI=1S/C9H16N4S/c1-6(7-3-4-7)13(2)5-8-9(10)14-12-11-8/h6-7H,3-5,10H2,1-2H3. The summed E-state index contributed by atoms with van der Waals surface area (Å²) in [5.74, 6) is 0.882. The number of nitrogen functional groups attached to an aromatic ring is 1. The van der Waals surface area contributed by atoms with Gasteiger partial charge in [-0.05, 0) is 32.7 Å². The highest BCUT2D eigenvalue weighted by Gasteiger charge is 2.30. The third-order valence-electron chi connectivity index (χ3n) is 2.98. The fraction of sp³-hybridized carbons (Fsp3) is 0.778. The van der Waals surface area contributed by atoms with E-state index >= 15 is 0 Å². The molecule has 1 atom stereocenters. The van der Waals surface area contributed by atoms with Crippen molar-refractivity contribution >= 4 is 16.5 Å². The fourth-order valence-corrected chi connectivity index (χ4v) is 2.08. The van der Waals surface area contributed by atoms with Crippen LogP contribution < -0.4 is 5.73 Å². The van der Waals surface area contributed by atoms with E-state index in [4.69, 9.17) is 5.73 Å². The number of nitrogens with zero attached hydrogens (tertiary/aromatic N) is 3. The summed E-state index contributed by atoms with van der Waals surface area (Å²) in [6.45, 7) is 3.09. The molecule has 1 fully saturated rings. The molecule has 1 aliphatic rings. The molecule has 4 nitrogen and oxygen atoms in total. The van der Waals surface area contributed by atoms with Gasteiger partial charge in [0.25, 0.3) is 0 Å². The zero-order chi connectivity index (χ0) is 10.1. The quantitative estimate of drug-likeness (QED) is 0.818. The van der Waals surface area contributed by atoms with E-state index in [0.29, 0.717) is 6.04 Å². The normalized spacial score (nSPS) is 18.8. The fourth-order valence-electron chi connectivity index (χ4n) is 1.64. The monoisotopic (exact) mass is 212 g/mol. The van der Waals surface area contributed by atoms with Gasteiger partial charge in [0.05, 0.1) is 0 Å². The molecule has 14 heavy (non-hydrogen) atoms. The lowest BCUT2D eigenvalue weighted by molar-refractivity contribution is 0.224. The lowest BCUT2D eigenvalue weighted by Gasteiger charge is -2.23. The largest absolute Gasteiger partial charge is 0.388 e. The maximum absolute atomic E-state index is 5.75. The smallest absolute Gasteiger partial charge is 0.132 e. The predicted molar refractivity (Wildman–Crippen MR) is 58.0 cm³/mol. The molecule has 0 spiro atoms. The molecule has 0 aliphatic heterocycles. The summed E-state index contributed by atoms with van der Waals surface area (Å²) in [5.41, 5.74) is 6.67. The molecule has 5 heteroatoms. The van der Waals surface area contributed by atoms with Gasteiger partial charge in [0.15, 0.2) is 0 Å². The summed E-state index contributed by atoms with van der Waals surface area (Å²) in [7, 11) is 2.13. The van der Waals surface area contributed by atoms with Crippen molar-refractivity contribution in [2.45, 2.75) is 32.4 Å². The van der Waals surface area contributed by atoms with Gasteiger partial charge < -0.3 is 5.73 Å². The zero-order valence-corrected chi connectivity index (χ0v) is 9.42. The van der Waals surface area contributed by atoms with Gasteiger partial charge in [-0.25, -0.2) is 0 Å². The lowest BCUT2D eigenvalue weighted by atomic mass is 10.2. The SMILES string of the molecule is CC(C1CC1)N(C)Cc1nnsc1N. The van der Waals surface area contributed by atoms with Crippen molar-refractivity contribution in [1.82, 2.24) is 14.5 Å². The van der Waals surface area contributed by atoms with Crippen molar-refractivity contribution in [3.8, 4) is 0 Å². The Labute approximate surface area is 88.3 Å². The van der Waals surface area contributed by atoms with E-state index in [1.54, 1.807) is 0 Å². The van der Waals surface area contributed by atoms with Crippen LogP contribution in [0.25, 0.3) is 0 Å². The molecule has 1 aromatic rings. The third-order valence-corrected chi connectivity index (χ3v) is 3.58. The molecule has 0 saturated heterocycles. The van der Waals surface area contributed by atoms with Crippen LogP contribution in [-0.4, -0.2) is 27.6 Å². The first-order valence-electron chi connectivity index (χ1n) is 4.95. The second-order valence-corrected chi connectivity index (χ2v) is 4.86. The van der Waals surface area contributed by atoms with Gasteiger partial charge in [0.2, 0.25) is 0 Å². The summed E-state index contributed by atoms with van der Waals surface area (Å²) in [5, 5.41) is 4.77. The van der Waals surface area contributed by atoms with Gasteiger partial charge in [0.1, 0.15) is 10.7 Å². The maximum atomic E-state index is 5.75. The molecule has 1 aromatic heterocycles. The predicted octanol–water partition coefficient (Wildman–Crippen LogP) is 1.35. The molecular weight excluding hydrogens is 196 g/mol. The van der Waals surface area contributed by atoms with Crippen molar-refractivity contribution in [1.29, 1.82) is 0 Å². The summed E-state index contributed by atoms with van der Waals surface area (Å²) < 4.78 is 3.83. The molecule has 1 aliphatic carbocycles. The van der Waals surface area contributed by atoms with E-state index in [9.17, 15) is 0 Å². The number of anilines is 1. The first kappa shape index (κ1) is 9.86. The molecule has 0 aromatic carbocycles. The van der Waals surface area contributed by atoms with Gasteiger partial charge in [-0.15, -0.1) is 5.10 Å². The Morgan fingerprint density at radius 1 is 1.64 bits per heavy atom. The second-order valence-electron chi connectivity index (χ2n) is 4.08. The Morgan fingerprint density at radius 2 is 2.36 bits per heavy atom. The summed E-state index contributed by atoms with van der Waals surface area (Å²) in [6, 6.07) is 0.635. The van der Waals surface area contributed by atoms with E-state index in [1.807, 2.05) is 0 Å². The number of aromatic nitrogens is 2. The van der Waals surface area contributed by atoms with Crippen molar-refractivity contribution in [2.24, 2.45) is 5.92 Å². The molecule has 78 valence electrons. The average Bonchev–Trinajstić information content (AvgIpc) is 2.92. The summed E-state index contributed by atoms with van der Waals surface area (Å²) >= 11 is 1.27. The highest BCUT2D eigenvalue weighted by molar-refractivity contribution is 7.09. The molecule has 0 amide bonds. The van der Waals surface area contributed by atoms with Crippen molar-refractivity contribution in [2.75, 3.05) is 12.8 Å². The number of rotatable bonds is 4. The molecular formula is C9H16N4S. The summed E-state index contributed by atoms with van der Waals surface area (Å²) in [4.78, 5) is 2.31. The van der Waals surface area contributed by atoms with E-state index in [1.165, 1.54) is 24.4 Å². The highest BCUT2D eigenvalue weighted by atomic mass is 32.1. The molecule has 2 rings (SSSR count). The van der Waals surface area contributed by atoms with Gasteiger partial charge in [-0.1, -0.05) is 4.49 Å². The average molecular weight is 212 g/mol. The van der Waals surface area contributed by atoms with E-state index in [-0.39, 0.29) is 0 Å². The van der Waals surface area contributed by atoms with Crippen LogP contribution in [0.3, 0.4) is 0 Å². The second kappa shape index (κ2) is 3.82. The van der Waals surface area contributed by atoms with Crippen LogP contribution in [0.5, 0.6) is 0 Å². The van der Waals surface area contributed by atoms with E-state index in [0.717, 1.165) is 23.2 Å². The van der Waals surface area contributed by atoms with Crippen molar-refractivity contribution < 1.29 is 0 Å². The number of nitrogens with two attached hydrogens (primary N) is 1. The van der Waals surface area contributed by atoms with Gasteiger partial charge in [-0.3, -0.25) is 4.90 Å². The van der Waals surface area contributed by atoms with E-state index < -0.39 is 0 Å². The van der Waals surface area contributed by atoms with Crippen LogP contribution in [0.4, 0.5) is 5.00 Å². The van der Waals surface area contributed by atoms with Gasteiger partial charge in [0, 0.05) is 24.1 Å². The lowest BCUT2D eigenvalue weighted by Crippen LogP contribution is -2.30. The topological polar surface area (TPSA) is 55.0 Å². The Balaban J connectivity index is 1.93. The van der Waals surface area contributed by atoms with Gasteiger partial charge in [-0.2, -0.15) is 0 Å². The first-order chi connectivity index (χ1) is 6.68. The maximum Gasteiger partial charge on any atom is 0.132 e. The minimum absolute atomic E-state index is 0.635. The number of hydrogen-bond donors (Lipinski definition) is 1. The van der Waals surface area contributed by atoms with Crippen LogP contribution in [0.15, 0.2) is 0 Å². The van der Waals surface area contributed by atoms with Crippen LogP contribution in [0.2, 0.25) is 0 Å². The first-order valence-corrected chi connectivity index (χ1v) is 5.72. The minimum Gasteiger partial charge on any atom is -0.388 e. The summed E-state index contributed by atoms with van der Waals surface area (Å²) in [6.07, 6.45) is 2.74. The van der Waals surface area contributed by atoms with Crippen LogP contribution in [0, 0.1) is 5.92 Å². The van der Waals surface area contributed by atoms with Crippen LogP contribution in [-0.2, 0) is 6.54 Å². The van der Waals surface area contributed by atoms with Crippen molar-refractivity contribution in [3.05, 3.63) is 5.69 Å². The van der Waals surface area contributed by atoms with Gasteiger partial charge >= 0.3 is 0 Å². The number of hydrogen-bond acceptors (Lipinski definition) is 5. The molecule has 1 unspecified atom stereocenters. The third kappa shape index (κ3) is 2.04. The van der Waals surface area contributed by atoms with E-state index in [2.05, 4.69) is 28.5 Å². The molecule has 0 radical (unpaired) electrons. The highest BCUT2D eigenvalue weighted by Crippen LogP contribution is 2.35. The molecule has 1 saturated carbocycles. The molecule has 1 heterocycles. The molecule has 2 N–H and O–H groups in total. The Hall–Kier alpha value is -0.680. The van der Waals surface area contributed by atoms with Crippen LogP contribution in [0.1, 0.15) is 25.5 Å². The zero-order valence-electron chi connectivity index (χ0n) is 8.60. The Morgan fingerprint density at radius 3 is 2.86 bits per heavy atom. The minimum atomic E-state index is 0.635. The van der Waals surface area contributed by atoms with Crippen molar-refractivity contribution in [3.63, 3.8) is 0 Å².